The zero-order chi connectivity index (χ0) is 16.0. The Labute approximate surface area is 152 Å². The fourth-order valence-electron chi connectivity index (χ4n) is 3.31. The first-order valence-electron chi connectivity index (χ1n) is 8.72. The van der Waals surface area contributed by atoms with Crippen molar-refractivity contribution in [3.63, 3.8) is 0 Å². The molecule has 0 bridgehead atoms. The summed E-state index contributed by atoms with van der Waals surface area (Å²) in [6.45, 7) is 2.08. The van der Waals surface area contributed by atoms with Crippen molar-refractivity contribution < 1.29 is 4.74 Å². The molecule has 2 aromatic rings. The first kappa shape index (κ1) is 19.0. The fourth-order valence-corrected chi connectivity index (χ4v) is 3.31. The van der Waals surface area contributed by atoms with Crippen molar-refractivity contribution in [3.8, 4) is 0 Å². The van der Waals surface area contributed by atoms with E-state index in [1.807, 2.05) is 7.11 Å². The van der Waals surface area contributed by atoms with Gasteiger partial charge in [-0.3, -0.25) is 0 Å². The maximum atomic E-state index is 6.11. The summed E-state index contributed by atoms with van der Waals surface area (Å²) in [5.41, 5.74) is 2.06. The summed E-state index contributed by atoms with van der Waals surface area (Å²) in [5, 5.41) is 3.61. The van der Waals surface area contributed by atoms with Crippen LogP contribution in [0, 0.1) is 5.92 Å². The minimum absolute atomic E-state index is 0. The molecule has 0 atom stereocenters. The zero-order valence-corrected chi connectivity index (χ0v) is 15.2. The fraction of sp³-hybridized carbons (Fsp3) is 0.429. The van der Waals surface area contributed by atoms with Gasteiger partial charge in [-0.2, -0.15) is 0 Å². The lowest BCUT2D eigenvalue weighted by Crippen LogP contribution is -2.34. The summed E-state index contributed by atoms with van der Waals surface area (Å²) in [6.07, 6.45) is 5.11. The molecule has 3 heteroatoms. The van der Waals surface area contributed by atoms with Gasteiger partial charge in [0.05, 0.1) is 0 Å². The van der Waals surface area contributed by atoms with E-state index in [0.29, 0.717) is 0 Å². The predicted molar refractivity (Wildman–Crippen MR) is 103 cm³/mol. The van der Waals surface area contributed by atoms with E-state index in [9.17, 15) is 0 Å². The monoisotopic (exact) mass is 345 g/mol. The molecule has 0 radical (unpaired) electrons. The highest BCUT2D eigenvalue weighted by molar-refractivity contribution is 5.85. The molecule has 3 rings (SSSR count). The number of hydrogen-bond donors (Lipinski definition) is 1. The molecule has 0 aliphatic heterocycles. The lowest BCUT2D eigenvalue weighted by atomic mass is 9.83. The third-order valence-corrected chi connectivity index (χ3v) is 4.91. The van der Waals surface area contributed by atoms with Crippen LogP contribution in [-0.2, 0) is 10.3 Å². The van der Waals surface area contributed by atoms with E-state index in [2.05, 4.69) is 66.0 Å². The zero-order valence-electron chi connectivity index (χ0n) is 14.4. The van der Waals surface area contributed by atoms with Crippen LogP contribution in [0.3, 0.4) is 0 Å². The van der Waals surface area contributed by atoms with Crippen LogP contribution in [0.5, 0.6) is 0 Å². The smallest absolute Gasteiger partial charge is 0.119 e. The molecule has 0 spiro atoms. The Morgan fingerprint density at radius 2 is 1.46 bits per heavy atom. The average molecular weight is 346 g/mol. The van der Waals surface area contributed by atoms with Gasteiger partial charge < -0.3 is 10.1 Å². The van der Waals surface area contributed by atoms with Crippen LogP contribution in [0.4, 0.5) is 0 Å². The Balaban J connectivity index is 0.00000208. The summed E-state index contributed by atoms with van der Waals surface area (Å²) in [6, 6.07) is 21.1. The normalized spacial score (nSPS) is 14.2. The van der Waals surface area contributed by atoms with Gasteiger partial charge in [-0.25, -0.2) is 0 Å². The van der Waals surface area contributed by atoms with E-state index in [0.717, 1.165) is 25.4 Å². The molecule has 1 aliphatic rings. The lowest BCUT2D eigenvalue weighted by molar-refractivity contribution is 0.0148. The number of benzene rings is 2. The highest BCUT2D eigenvalue weighted by Crippen LogP contribution is 2.36. The van der Waals surface area contributed by atoms with Crippen molar-refractivity contribution in [1.29, 1.82) is 0 Å². The van der Waals surface area contributed by atoms with Crippen LogP contribution in [0.25, 0.3) is 0 Å². The number of nitrogens with one attached hydrogen (secondary N) is 1. The second-order valence-corrected chi connectivity index (χ2v) is 6.50. The van der Waals surface area contributed by atoms with Crippen molar-refractivity contribution in [1.82, 2.24) is 5.32 Å². The van der Waals surface area contributed by atoms with E-state index in [1.165, 1.54) is 30.4 Å². The third kappa shape index (κ3) is 4.60. The standard InChI is InChI=1S/C21H27NO.ClH/c1-23-21(19-8-4-2-5-9-19,20-10-6-3-7-11-20)15-17-22-16-14-18-12-13-18;/h2-11,18,22H,12-17H2,1H3;1H. The highest BCUT2D eigenvalue weighted by atomic mass is 35.5. The second kappa shape index (κ2) is 9.22. The molecule has 0 heterocycles. The van der Waals surface area contributed by atoms with Gasteiger partial charge in [0.2, 0.25) is 0 Å². The molecular formula is C21H28ClNO. The van der Waals surface area contributed by atoms with Crippen molar-refractivity contribution in [2.24, 2.45) is 5.92 Å². The van der Waals surface area contributed by atoms with E-state index in [-0.39, 0.29) is 18.0 Å². The van der Waals surface area contributed by atoms with Gasteiger partial charge in [0.15, 0.2) is 0 Å². The average Bonchev–Trinajstić information content (AvgIpc) is 3.44. The van der Waals surface area contributed by atoms with Gasteiger partial charge in [0.25, 0.3) is 0 Å². The number of halogens is 1. The van der Waals surface area contributed by atoms with Gasteiger partial charge in [0, 0.05) is 7.11 Å². The number of ether oxygens (including phenoxy) is 1. The topological polar surface area (TPSA) is 21.3 Å². The van der Waals surface area contributed by atoms with Crippen molar-refractivity contribution in [3.05, 3.63) is 71.8 Å². The van der Waals surface area contributed by atoms with Crippen LogP contribution >= 0.6 is 12.4 Å². The van der Waals surface area contributed by atoms with Crippen molar-refractivity contribution in [2.45, 2.75) is 31.3 Å². The Hall–Kier alpha value is -1.35. The van der Waals surface area contributed by atoms with Crippen LogP contribution in [-0.4, -0.2) is 20.2 Å². The Kier molecular flexibility index (Phi) is 7.29. The number of rotatable bonds is 9. The van der Waals surface area contributed by atoms with E-state index < -0.39 is 0 Å². The summed E-state index contributed by atoms with van der Waals surface area (Å²) < 4.78 is 6.11. The molecule has 1 aliphatic carbocycles. The maximum Gasteiger partial charge on any atom is 0.119 e. The summed E-state index contributed by atoms with van der Waals surface area (Å²) in [4.78, 5) is 0. The lowest BCUT2D eigenvalue weighted by Gasteiger charge is -2.34. The van der Waals surface area contributed by atoms with E-state index in [4.69, 9.17) is 4.74 Å². The minimum atomic E-state index is -0.380. The Bertz CT molecular complexity index is 544. The molecule has 2 nitrogen and oxygen atoms in total. The van der Waals surface area contributed by atoms with Crippen LogP contribution in [0.1, 0.15) is 36.8 Å². The molecule has 0 saturated heterocycles. The van der Waals surface area contributed by atoms with Crippen LogP contribution in [0.2, 0.25) is 0 Å². The van der Waals surface area contributed by atoms with Crippen molar-refractivity contribution in [2.75, 3.05) is 20.2 Å². The van der Waals surface area contributed by atoms with Crippen LogP contribution in [0.15, 0.2) is 60.7 Å². The van der Waals surface area contributed by atoms with Gasteiger partial charge in [-0.05, 0) is 43.0 Å². The van der Waals surface area contributed by atoms with E-state index >= 15 is 0 Å². The molecule has 0 amide bonds. The molecule has 1 fully saturated rings. The maximum absolute atomic E-state index is 6.11. The Morgan fingerprint density at radius 3 is 1.92 bits per heavy atom. The van der Waals surface area contributed by atoms with Gasteiger partial charge in [0.1, 0.15) is 5.60 Å². The summed E-state index contributed by atoms with van der Waals surface area (Å²) in [5.74, 6) is 0.984. The molecule has 1 N–H and O–H groups in total. The first-order chi connectivity index (χ1) is 11.3. The van der Waals surface area contributed by atoms with Crippen molar-refractivity contribution >= 4 is 12.4 Å². The molecule has 1 saturated carbocycles. The van der Waals surface area contributed by atoms with Gasteiger partial charge in [-0.1, -0.05) is 73.5 Å². The molecule has 130 valence electrons. The van der Waals surface area contributed by atoms with Gasteiger partial charge in [-0.15, -0.1) is 12.4 Å². The number of hydrogen-bond acceptors (Lipinski definition) is 2. The quantitative estimate of drug-likeness (QED) is 0.660. The minimum Gasteiger partial charge on any atom is -0.369 e. The molecule has 24 heavy (non-hydrogen) atoms. The molecule has 0 unspecified atom stereocenters. The largest absolute Gasteiger partial charge is 0.369 e. The highest BCUT2D eigenvalue weighted by Gasteiger charge is 2.33. The predicted octanol–water partition coefficient (Wildman–Crippen LogP) is 4.78. The van der Waals surface area contributed by atoms with E-state index in [1.54, 1.807) is 0 Å². The summed E-state index contributed by atoms with van der Waals surface area (Å²) in [7, 11) is 1.82. The SMILES string of the molecule is COC(CCNCCC1CC1)(c1ccccc1)c1ccccc1.Cl. The Morgan fingerprint density at radius 1 is 0.917 bits per heavy atom. The number of methoxy groups -OCH3 is 1. The second-order valence-electron chi connectivity index (χ2n) is 6.50. The molecule has 2 aromatic carbocycles. The third-order valence-electron chi connectivity index (χ3n) is 4.91. The van der Waals surface area contributed by atoms with Crippen LogP contribution < -0.4 is 5.32 Å². The summed E-state index contributed by atoms with van der Waals surface area (Å²) >= 11 is 0. The molecule has 0 aromatic heterocycles. The molecular weight excluding hydrogens is 318 g/mol. The first-order valence-corrected chi connectivity index (χ1v) is 8.72. The van der Waals surface area contributed by atoms with Gasteiger partial charge >= 0.3 is 0 Å².